The molecule has 2 rings (SSSR count). The lowest BCUT2D eigenvalue weighted by Crippen LogP contribution is -2.17. The number of rotatable bonds is 2. The minimum Gasteiger partial charge on any atom is -0.372 e. The van der Waals surface area contributed by atoms with Gasteiger partial charge in [-0.05, 0) is 37.0 Å². The van der Waals surface area contributed by atoms with Crippen molar-refractivity contribution in [2.24, 2.45) is 0 Å². The molecule has 1 saturated heterocycles. The molecule has 1 fully saturated rings. The number of hydrogen-bond acceptors (Lipinski definition) is 1. The molecule has 1 heterocycles. The Morgan fingerprint density at radius 2 is 1.69 bits per heavy atom. The van der Waals surface area contributed by atoms with Crippen molar-refractivity contribution in [2.75, 3.05) is 18.0 Å². The zero-order valence-corrected chi connectivity index (χ0v) is 11.0. The minimum absolute atomic E-state index is 1.14. The molecule has 0 N–H and O–H groups in total. The van der Waals surface area contributed by atoms with Crippen LogP contribution in [0.3, 0.4) is 0 Å². The summed E-state index contributed by atoms with van der Waals surface area (Å²) < 4.78 is 0. The van der Waals surface area contributed by atoms with Crippen LogP contribution in [-0.4, -0.2) is 13.1 Å². The van der Waals surface area contributed by atoms with Gasteiger partial charge in [-0.3, -0.25) is 0 Å². The Morgan fingerprint density at radius 1 is 1.06 bits per heavy atom. The third-order valence-electron chi connectivity index (χ3n) is 2.79. The maximum atomic E-state index is 2.49. The van der Waals surface area contributed by atoms with Gasteiger partial charge in [0, 0.05) is 18.8 Å². The van der Waals surface area contributed by atoms with E-state index < -0.39 is 0 Å². The topological polar surface area (TPSA) is 3.24 Å². The van der Waals surface area contributed by atoms with E-state index in [1.54, 1.807) is 0 Å². The van der Waals surface area contributed by atoms with Crippen LogP contribution < -0.4 is 4.90 Å². The van der Waals surface area contributed by atoms with Crippen LogP contribution in [0.15, 0.2) is 24.3 Å². The average molecular weight is 219 g/mol. The zero-order chi connectivity index (χ0) is 11.8. The average Bonchev–Trinajstić information content (AvgIpc) is 2.84. The Morgan fingerprint density at radius 3 is 2.25 bits per heavy atom. The first-order valence-corrected chi connectivity index (χ1v) is 6.65. The molecule has 1 aliphatic heterocycles. The molecule has 1 nitrogen and oxygen atoms in total. The van der Waals surface area contributed by atoms with Gasteiger partial charge in [0.2, 0.25) is 0 Å². The summed E-state index contributed by atoms with van der Waals surface area (Å²) in [6, 6.07) is 8.93. The molecule has 0 amide bonds. The second kappa shape index (κ2) is 7.32. The van der Waals surface area contributed by atoms with Crippen molar-refractivity contribution < 1.29 is 0 Å². The molecule has 0 spiro atoms. The van der Waals surface area contributed by atoms with Crippen LogP contribution in [-0.2, 0) is 6.42 Å². The number of aryl methyl sites for hydroxylation is 1. The summed E-state index contributed by atoms with van der Waals surface area (Å²) in [6.45, 7) is 8.95. The molecule has 1 aliphatic rings. The maximum absolute atomic E-state index is 2.49. The van der Waals surface area contributed by atoms with E-state index in [0.717, 1.165) is 6.42 Å². The van der Waals surface area contributed by atoms with Crippen molar-refractivity contribution in [1.82, 2.24) is 0 Å². The first kappa shape index (κ1) is 13.1. The summed E-state index contributed by atoms with van der Waals surface area (Å²) in [4.78, 5) is 2.49. The van der Waals surface area contributed by atoms with Gasteiger partial charge in [-0.2, -0.15) is 0 Å². The quantitative estimate of drug-likeness (QED) is 0.718. The molecule has 1 heteroatoms. The lowest BCUT2D eigenvalue weighted by Gasteiger charge is -2.17. The minimum atomic E-state index is 1.14. The summed E-state index contributed by atoms with van der Waals surface area (Å²) in [5, 5.41) is 0. The predicted octanol–water partition coefficient (Wildman–Crippen LogP) is 4.27. The summed E-state index contributed by atoms with van der Waals surface area (Å²) in [6.07, 6.45) is 5.11. The van der Waals surface area contributed by atoms with E-state index >= 15 is 0 Å². The molecule has 90 valence electrons. The standard InChI is InChI=1S/C12H17N.C3H8/c1-2-11-6-5-7-12(10-11)13-8-3-4-9-13;1-3-2/h5-7,10H,2-4,8-9H2,1H3;3H2,1-2H3. The van der Waals surface area contributed by atoms with Crippen molar-refractivity contribution in [3.05, 3.63) is 29.8 Å². The first-order chi connectivity index (χ1) is 7.81. The van der Waals surface area contributed by atoms with Gasteiger partial charge < -0.3 is 4.90 Å². The van der Waals surface area contributed by atoms with Gasteiger partial charge in [0.15, 0.2) is 0 Å². The molecule has 0 aliphatic carbocycles. The van der Waals surface area contributed by atoms with E-state index in [1.165, 1.54) is 43.6 Å². The van der Waals surface area contributed by atoms with E-state index in [-0.39, 0.29) is 0 Å². The highest BCUT2D eigenvalue weighted by Crippen LogP contribution is 2.21. The molecular formula is C15H25N. The summed E-state index contributed by atoms with van der Waals surface area (Å²) >= 11 is 0. The van der Waals surface area contributed by atoms with Crippen molar-refractivity contribution >= 4 is 5.69 Å². The van der Waals surface area contributed by atoms with Crippen molar-refractivity contribution in [1.29, 1.82) is 0 Å². The maximum Gasteiger partial charge on any atom is 0.0368 e. The highest BCUT2D eigenvalue weighted by Gasteiger charge is 2.11. The molecule has 0 aromatic heterocycles. The molecule has 0 unspecified atom stereocenters. The second-order valence-corrected chi connectivity index (χ2v) is 4.42. The normalized spacial score (nSPS) is 14.6. The van der Waals surface area contributed by atoms with Gasteiger partial charge in [-0.1, -0.05) is 39.3 Å². The highest BCUT2D eigenvalue weighted by molar-refractivity contribution is 5.49. The summed E-state index contributed by atoms with van der Waals surface area (Å²) in [5.74, 6) is 0. The third-order valence-corrected chi connectivity index (χ3v) is 2.79. The van der Waals surface area contributed by atoms with Gasteiger partial charge in [0.05, 0.1) is 0 Å². The van der Waals surface area contributed by atoms with Gasteiger partial charge in [-0.25, -0.2) is 0 Å². The Hall–Kier alpha value is -0.980. The Balaban J connectivity index is 0.000000386. The van der Waals surface area contributed by atoms with Crippen LogP contribution in [0.25, 0.3) is 0 Å². The smallest absolute Gasteiger partial charge is 0.0368 e. The number of hydrogen-bond donors (Lipinski definition) is 0. The lowest BCUT2D eigenvalue weighted by molar-refractivity contribution is 0.949. The summed E-state index contributed by atoms with van der Waals surface area (Å²) in [7, 11) is 0. The van der Waals surface area contributed by atoms with Gasteiger partial charge >= 0.3 is 0 Å². The van der Waals surface area contributed by atoms with E-state index in [9.17, 15) is 0 Å². The molecule has 0 saturated carbocycles. The fourth-order valence-corrected chi connectivity index (χ4v) is 1.95. The molecular weight excluding hydrogens is 194 g/mol. The van der Waals surface area contributed by atoms with E-state index in [0.29, 0.717) is 0 Å². The van der Waals surface area contributed by atoms with Crippen LogP contribution in [0.5, 0.6) is 0 Å². The van der Waals surface area contributed by atoms with Crippen LogP contribution in [0.1, 0.15) is 45.6 Å². The Bertz CT molecular complexity index is 287. The highest BCUT2D eigenvalue weighted by atomic mass is 15.1. The van der Waals surface area contributed by atoms with E-state index in [2.05, 4.69) is 49.9 Å². The molecule has 0 radical (unpaired) electrons. The van der Waals surface area contributed by atoms with Gasteiger partial charge in [-0.15, -0.1) is 0 Å². The molecule has 1 aromatic carbocycles. The van der Waals surface area contributed by atoms with E-state index in [4.69, 9.17) is 0 Å². The van der Waals surface area contributed by atoms with Crippen molar-refractivity contribution in [3.63, 3.8) is 0 Å². The SMILES string of the molecule is CCC.CCc1cccc(N2CCCC2)c1. The fraction of sp³-hybridized carbons (Fsp3) is 0.600. The predicted molar refractivity (Wildman–Crippen MR) is 73.2 cm³/mol. The van der Waals surface area contributed by atoms with Crippen molar-refractivity contribution in [3.8, 4) is 0 Å². The van der Waals surface area contributed by atoms with Crippen LogP contribution >= 0.6 is 0 Å². The van der Waals surface area contributed by atoms with Gasteiger partial charge in [0.25, 0.3) is 0 Å². The zero-order valence-electron chi connectivity index (χ0n) is 11.0. The first-order valence-electron chi connectivity index (χ1n) is 6.65. The van der Waals surface area contributed by atoms with Crippen molar-refractivity contribution in [2.45, 2.75) is 46.5 Å². The Kier molecular flexibility index (Phi) is 5.99. The van der Waals surface area contributed by atoms with Crippen LogP contribution in [0, 0.1) is 0 Å². The molecule has 16 heavy (non-hydrogen) atoms. The van der Waals surface area contributed by atoms with Crippen LogP contribution in [0.4, 0.5) is 5.69 Å². The largest absolute Gasteiger partial charge is 0.372 e. The second-order valence-electron chi connectivity index (χ2n) is 4.42. The lowest BCUT2D eigenvalue weighted by atomic mass is 10.1. The number of benzene rings is 1. The van der Waals surface area contributed by atoms with E-state index in [1.807, 2.05) is 0 Å². The van der Waals surface area contributed by atoms with Crippen LogP contribution in [0.2, 0.25) is 0 Å². The molecule has 0 atom stereocenters. The third kappa shape index (κ3) is 3.88. The summed E-state index contributed by atoms with van der Waals surface area (Å²) in [5.41, 5.74) is 2.86. The fourth-order valence-electron chi connectivity index (χ4n) is 1.95. The number of nitrogens with zero attached hydrogens (tertiary/aromatic N) is 1. The Labute approximate surface area is 100 Å². The monoisotopic (exact) mass is 219 g/mol. The number of anilines is 1. The molecule has 0 bridgehead atoms. The molecule has 1 aromatic rings. The van der Waals surface area contributed by atoms with Gasteiger partial charge in [0.1, 0.15) is 0 Å².